The van der Waals surface area contributed by atoms with E-state index in [0.717, 1.165) is 54.4 Å². The Kier molecular flexibility index (Phi) is 5.55. The number of hydrogen-bond donors (Lipinski definition) is 1. The highest BCUT2D eigenvalue weighted by atomic mass is 35.5. The third kappa shape index (κ3) is 4.32. The summed E-state index contributed by atoms with van der Waals surface area (Å²) in [6.07, 6.45) is 0. The molecule has 0 spiro atoms. The molecule has 0 saturated carbocycles. The van der Waals surface area contributed by atoms with Gasteiger partial charge in [-0.1, -0.05) is 17.7 Å². The minimum atomic E-state index is -0.329. The van der Waals surface area contributed by atoms with E-state index in [-0.39, 0.29) is 5.63 Å². The Morgan fingerprint density at radius 2 is 1.96 bits per heavy atom. The molecular weight excluding hydrogens is 376 g/mol. The van der Waals surface area contributed by atoms with Gasteiger partial charge >= 0.3 is 5.63 Å². The van der Waals surface area contributed by atoms with Gasteiger partial charge in [-0.25, -0.2) is 4.79 Å². The van der Waals surface area contributed by atoms with E-state index >= 15 is 0 Å². The summed E-state index contributed by atoms with van der Waals surface area (Å²) in [7, 11) is 0. The maximum atomic E-state index is 11.6. The van der Waals surface area contributed by atoms with Crippen LogP contribution in [0.5, 0.6) is 5.75 Å². The predicted molar refractivity (Wildman–Crippen MR) is 112 cm³/mol. The Bertz CT molecular complexity index is 1030. The molecule has 2 aromatic carbocycles. The largest absolute Gasteiger partial charge is 0.488 e. The monoisotopic (exact) mass is 399 g/mol. The zero-order chi connectivity index (χ0) is 19.5. The quantitative estimate of drug-likeness (QED) is 0.670. The van der Waals surface area contributed by atoms with Gasteiger partial charge in [0.15, 0.2) is 0 Å². The van der Waals surface area contributed by atoms with Gasteiger partial charge in [-0.05, 0) is 42.8 Å². The molecule has 28 heavy (non-hydrogen) atoms. The summed E-state index contributed by atoms with van der Waals surface area (Å²) in [5.74, 6) is 0.734. The van der Waals surface area contributed by atoms with Gasteiger partial charge in [-0.3, -0.25) is 0 Å². The lowest BCUT2D eigenvalue weighted by molar-refractivity contribution is -0.900. The van der Waals surface area contributed by atoms with E-state index in [4.69, 9.17) is 20.8 Å². The van der Waals surface area contributed by atoms with E-state index in [2.05, 4.69) is 11.0 Å². The lowest BCUT2D eigenvalue weighted by Crippen LogP contribution is -3.15. The molecule has 1 N–H and O–H groups in total. The fraction of sp³-hybridized carbons (Fsp3) is 0.318. The first-order valence-electron chi connectivity index (χ1n) is 9.60. The zero-order valence-corrected chi connectivity index (χ0v) is 16.7. The Morgan fingerprint density at radius 3 is 2.75 bits per heavy atom. The van der Waals surface area contributed by atoms with Gasteiger partial charge in [0.05, 0.1) is 26.2 Å². The molecule has 2 heterocycles. The summed E-state index contributed by atoms with van der Waals surface area (Å²) in [5, 5.41) is 1.72. The first-order chi connectivity index (χ1) is 13.6. The number of benzene rings is 2. The van der Waals surface area contributed by atoms with Crippen molar-refractivity contribution in [1.29, 1.82) is 0 Å². The van der Waals surface area contributed by atoms with Crippen LogP contribution in [0.25, 0.3) is 11.0 Å². The van der Waals surface area contributed by atoms with Crippen LogP contribution in [0.15, 0.2) is 57.7 Å². The second kappa shape index (κ2) is 8.25. The van der Waals surface area contributed by atoms with E-state index in [9.17, 15) is 4.79 Å². The Balaban J connectivity index is 1.29. The van der Waals surface area contributed by atoms with Crippen LogP contribution in [0, 0.1) is 6.92 Å². The maximum absolute atomic E-state index is 11.6. The minimum Gasteiger partial charge on any atom is -0.488 e. The summed E-state index contributed by atoms with van der Waals surface area (Å²) < 4.78 is 11.2. The molecule has 3 aromatic rings. The van der Waals surface area contributed by atoms with Gasteiger partial charge in [-0.2, -0.15) is 0 Å². The molecule has 5 nitrogen and oxygen atoms in total. The number of quaternary nitrogens is 1. The summed E-state index contributed by atoms with van der Waals surface area (Å²) in [6, 6.07) is 15.2. The van der Waals surface area contributed by atoms with Crippen LogP contribution in [-0.2, 0) is 0 Å². The van der Waals surface area contributed by atoms with E-state index in [1.807, 2.05) is 37.3 Å². The topological polar surface area (TPSA) is 47.1 Å². The number of nitrogens with one attached hydrogen (secondary N) is 1. The number of anilines is 1. The average Bonchev–Trinajstić information content (AvgIpc) is 2.68. The van der Waals surface area contributed by atoms with Gasteiger partial charge < -0.3 is 19.0 Å². The molecule has 0 bridgehead atoms. The van der Waals surface area contributed by atoms with Crippen molar-refractivity contribution in [2.24, 2.45) is 0 Å². The molecule has 1 aliphatic heterocycles. The van der Waals surface area contributed by atoms with Crippen molar-refractivity contribution >= 4 is 28.3 Å². The summed E-state index contributed by atoms with van der Waals surface area (Å²) in [6.45, 7) is 7.65. The highest BCUT2D eigenvalue weighted by Gasteiger charge is 2.20. The molecule has 1 aliphatic rings. The fourth-order valence-corrected chi connectivity index (χ4v) is 3.90. The van der Waals surface area contributed by atoms with Crippen LogP contribution in [0.3, 0.4) is 0 Å². The van der Waals surface area contributed by atoms with Crippen LogP contribution in [0.2, 0.25) is 5.02 Å². The van der Waals surface area contributed by atoms with Crippen molar-refractivity contribution in [3.63, 3.8) is 0 Å². The van der Waals surface area contributed by atoms with Gasteiger partial charge in [0.2, 0.25) is 0 Å². The number of aryl methyl sites for hydroxylation is 1. The fourth-order valence-electron chi connectivity index (χ4n) is 3.71. The second-order valence-electron chi connectivity index (χ2n) is 7.22. The van der Waals surface area contributed by atoms with Crippen molar-refractivity contribution in [2.45, 2.75) is 6.92 Å². The normalized spacial score (nSPS) is 15.1. The van der Waals surface area contributed by atoms with Crippen molar-refractivity contribution in [3.8, 4) is 5.75 Å². The lowest BCUT2D eigenvalue weighted by Gasteiger charge is -2.33. The third-order valence-electron chi connectivity index (χ3n) is 5.29. The first-order valence-corrected chi connectivity index (χ1v) is 9.98. The summed E-state index contributed by atoms with van der Waals surface area (Å²) in [4.78, 5) is 15.5. The summed E-state index contributed by atoms with van der Waals surface area (Å²) >= 11 is 6.10. The van der Waals surface area contributed by atoms with E-state index in [1.54, 1.807) is 6.07 Å². The molecule has 6 heteroatoms. The Labute approximate surface area is 169 Å². The molecule has 1 saturated heterocycles. The predicted octanol–water partition coefficient (Wildman–Crippen LogP) is 2.54. The van der Waals surface area contributed by atoms with E-state index in [1.165, 1.54) is 16.7 Å². The van der Waals surface area contributed by atoms with Gasteiger partial charge in [0.25, 0.3) is 0 Å². The third-order valence-corrected chi connectivity index (χ3v) is 5.53. The van der Waals surface area contributed by atoms with Crippen LogP contribution in [0.4, 0.5) is 5.69 Å². The first kappa shape index (κ1) is 18.8. The Morgan fingerprint density at radius 1 is 1.14 bits per heavy atom. The van der Waals surface area contributed by atoms with E-state index < -0.39 is 0 Å². The Hall–Kier alpha value is -2.50. The second-order valence-corrected chi connectivity index (χ2v) is 7.66. The number of ether oxygens (including phenoxy) is 1. The highest BCUT2D eigenvalue weighted by molar-refractivity contribution is 6.30. The van der Waals surface area contributed by atoms with Crippen LogP contribution in [-0.4, -0.2) is 39.3 Å². The standard InChI is InChI=1S/C22H23ClN2O3/c1-16-13-22(26)28-21-15-19(5-6-20(16)21)27-12-11-24-7-9-25(10-8-24)18-4-2-3-17(23)14-18/h2-6,13-15H,7-12H2,1H3/p+1. The molecule has 0 radical (unpaired) electrons. The van der Waals surface area contributed by atoms with Gasteiger partial charge in [0.1, 0.15) is 24.5 Å². The van der Waals surface area contributed by atoms with Crippen molar-refractivity contribution in [1.82, 2.24) is 0 Å². The molecule has 1 fully saturated rings. The molecule has 146 valence electrons. The number of hydrogen-bond acceptors (Lipinski definition) is 4. The number of halogens is 1. The van der Waals surface area contributed by atoms with Gasteiger partial charge in [0, 0.05) is 28.2 Å². The number of piperazine rings is 1. The van der Waals surface area contributed by atoms with Crippen LogP contribution in [0.1, 0.15) is 5.56 Å². The van der Waals surface area contributed by atoms with Gasteiger partial charge in [-0.15, -0.1) is 0 Å². The number of nitrogens with zero attached hydrogens (tertiary/aromatic N) is 1. The van der Waals surface area contributed by atoms with Crippen LogP contribution >= 0.6 is 11.6 Å². The number of rotatable bonds is 5. The average molecular weight is 400 g/mol. The van der Waals surface area contributed by atoms with Crippen molar-refractivity contribution in [3.05, 3.63) is 69.5 Å². The smallest absolute Gasteiger partial charge is 0.336 e. The SMILES string of the molecule is Cc1cc(=O)oc2cc(OCC[NH+]3CCN(c4cccc(Cl)c4)CC3)ccc12. The molecule has 0 atom stereocenters. The van der Waals surface area contributed by atoms with Crippen LogP contribution < -0.4 is 20.2 Å². The lowest BCUT2D eigenvalue weighted by atomic mass is 10.1. The minimum absolute atomic E-state index is 0.329. The zero-order valence-electron chi connectivity index (χ0n) is 15.9. The highest BCUT2D eigenvalue weighted by Crippen LogP contribution is 2.22. The molecule has 1 aromatic heterocycles. The maximum Gasteiger partial charge on any atom is 0.336 e. The van der Waals surface area contributed by atoms with Crippen molar-refractivity contribution in [2.75, 3.05) is 44.2 Å². The van der Waals surface area contributed by atoms with E-state index in [0.29, 0.717) is 12.2 Å². The molecule has 0 amide bonds. The molecule has 4 rings (SSSR count). The number of fused-ring (bicyclic) bond motifs is 1. The summed E-state index contributed by atoms with van der Waals surface area (Å²) in [5.41, 5.74) is 2.35. The molecular formula is C22H24ClN2O3+. The van der Waals surface area contributed by atoms with Crippen molar-refractivity contribution < 1.29 is 14.1 Å². The molecule has 0 aliphatic carbocycles. The molecule has 0 unspecified atom stereocenters.